The molecule has 8 nitrogen and oxygen atoms in total. The summed E-state index contributed by atoms with van der Waals surface area (Å²) >= 11 is 0. The van der Waals surface area contributed by atoms with Crippen molar-refractivity contribution in [2.75, 3.05) is 31.1 Å². The van der Waals surface area contributed by atoms with Gasteiger partial charge in [0.15, 0.2) is 5.65 Å². The summed E-state index contributed by atoms with van der Waals surface area (Å²) in [6.45, 7) is 3.55. The second kappa shape index (κ2) is 7.18. The maximum Gasteiger partial charge on any atom is 0.272 e. The van der Waals surface area contributed by atoms with Gasteiger partial charge in [0, 0.05) is 38.3 Å². The molecular weight excluding hydrogens is 354 g/mol. The summed E-state index contributed by atoms with van der Waals surface area (Å²) in [4.78, 5) is 37.9. The second-order valence-electron chi connectivity index (χ2n) is 7.50. The molecule has 8 heteroatoms. The van der Waals surface area contributed by atoms with Gasteiger partial charge in [-0.25, -0.2) is 19.9 Å². The normalized spacial score (nSPS) is 18.1. The molecule has 0 unspecified atom stereocenters. The molecule has 3 aromatic heterocycles. The lowest BCUT2D eigenvalue weighted by Crippen LogP contribution is -2.38. The van der Waals surface area contributed by atoms with Gasteiger partial charge in [-0.3, -0.25) is 4.79 Å². The first-order chi connectivity index (χ1) is 13.8. The number of likely N-dealkylation sites (tertiary alicyclic amines) is 1. The number of H-pyrrole nitrogens is 1. The smallest absolute Gasteiger partial charge is 0.272 e. The van der Waals surface area contributed by atoms with E-state index in [0.717, 1.165) is 43.1 Å². The highest BCUT2D eigenvalue weighted by atomic mass is 16.2. The Bertz CT molecular complexity index is 987. The Hall–Kier alpha value is -3.03. The highest BCUT2D eigenvalue weighted by Crippen LogP contribution is 2.28. The van der Waals surface area contributed by atoms with Crippen molar-refractivity contribution in [1.29, 1.82) is 0 Å². The number of aromatic amines is 1. The molecule has 1 N–H and O–H groups in total. The molecule has 0 spiro atoms. The van der Waals surface area contributed by atoms with Gasteiger partial charge in [0.2, 0.25) is 0 Å². The highest BCUT2D eigenvalue weighted by molar-refractivity contribution is 5.94. The molecule has 0 radical (unpaired) electrons. The van der Waals surface area contributed by atoms with Gasteiger partial charge in [0.1, 0.15) is 17.3 Å². The zero-order valence-electron chi connectivity index (χ0n) is 15.7. The first-order valence-electron chi connectivity index (χ1n) is 9.95. The summed E-state index contributed by atoms with van der Waals surface area (Å²) in [5, 5.41) is 0. The fourth-order valence-electron chi connectivity index (χ4n) is 4.13. The Morgan fingerprint density at radius 1 is 1.00 bits per heavy atom. The minimum atomic E-state index is -0.0323. The minimum absolute atomic E-state index is 0.0323. The third-order valence-electron chi connectivity index (χ3n) is 5.74. The maximum absolute atomic E-state index is 12.8. The molecule has 0 bridgehead atoms. The summed E-state index contributed by atoms with van der Waals surface area (Å²) in [6, 6.07) is 5.62. The van der Waals surface area contributed by atoms with Crippen LogP contribution in [-0.4, -0.2) is 61.9 Å². The van der Waals surface area contributed by atoms with E-state index in [0.29, 0.717) is 30.3 Å². The van der Waals surface area contributed by atoms with Crippen molar-refractivity contribution in [3.63, 3.8) is 0 Å². The third-order valence-corrected chi connectivity index (χ3v) is 5.74. The van der Waals surface area contributed by atoms with Crippen LogP contribution in [0, 0.1) is 0 Å². The number of hydrogen-bond donors (Lipinski definition) is 1. The molecule has 2 aliphatic rings. The average molecular weight is 377 g/mol. The van der Waals surface area contributed by atoms with Crippen LogP contribution >= 0.6 is 0 Å². The molecule has 0 saturated carbocycles. The Morgan fingerprint density at radius 3 is 2.64 bits per heavy atom. The lowest BCUT2D eigenvalue weighted by molar-refractivity contribution is 0.0705. The van der Waals surface area contributed by atoms with Crippen LogP contribution in [0.4, 0.5) is 5.82 Å². The number of imidazole rings is 1. The standard InChI is InChI=1S/C20H23N7O/c28-20(16-4-3-15-19(24-16)23-13-22-15)27-11-6-14(7-12-27)18-21-8-5-17(25-18)26-9-1-2-10-26/h3-5,8,13-14H,1-2,6-7,9-12H2,(H,22,23,24). The zero-order chi connectivity index (χ0) is 18.9. The van der Waals surface area contributed by atoms with Gasteiger partial charge >= 0.3 is 0 Å². The molecule has 0 aliphatic carbocycles. The molecule has 28 heavy (non-hydrogen) atoms. The van der Waals surface area contributed by atoms with Crippen molar-refractivity contribution in [3.05, 3.63) is 42.2 Å². The van der Waals surface area contributed by atoms with Crippen molar-refractivity contribution < 1.29 is 4.79 Å². The summed E-state index contributed by atoms with van der Waals surface area (Å²) in [5.74, 6) is 2.22. The number of fused-ring (bicyclic) bond motifs is 1. The summed E-state index contributed by atoms with van der Waals surface area (Å²) < 4.78 is 0. The van der Waals surface area contributed by atoms with Crippen molar-refractivity contribution in [1.82, 2.24) is 29.8 Å². The van der Waals surface area contributed by atoms with E-state index >= 15 is 0 Å². The van der Waals surface area contributed by atoms with Gasteiger partial charge in [-0.05, 0) is 43.9 Å². The molecule has 5 rings (SSSR count). The number of carbonyl (C=O) groups excluding carboxylic acids is 1. The lowest BCUT2D eigenvalue weighted by atomic mass is 9.95. The van der Waals surface area contributed by atoms with Crippen LogP contribution in [0.5, 0.6) is 0 Å². The van der Waals surface area contributed by atoms with Crippen molar-refractivity contribution >= 4 is 22.9 Å². The van der Waals surface area contributed by atoms with E-state index < -0.39 is 0 Å². The number of carbonyl (C=O) groups is 1. The predicted octanol–water partition coefficient (Wildman–Crippen LogP) is 2.37. The van der Waals surface area contributed by atoms with Crippen LogP contribution in [0.25, 0.3) is 11.2 Å². The number of rotatable bonds is 3. The number of pyridine rings is 1. The first-order valence-corrected chi connectivity index (χ1v) is 9.95. The van der Waals surface area contributed by atoms with Crippen molar-refractivity contribution in [3.8, 4) is 0 Å². The van der Waals surface area contributed by atoms with Gasteiger partial charge in [-0.1, -0.05) is 0 Å². The molecule has 1 amide bonds. The average Bonchev–Trinajstić information content (AvgIpc) is 3.45. The molecule has 144 valence electrons. The van der Waals surface area contributed by atoms with Crippen LogP contribution in [0.1, 0.15) is 47.9 Å². The highest BCUT2D eigenvalue weighted by Gasteiger charge is 2.27. The lowest BCUT2D eigenvalue weighted by Gasteiger charge is -2.31. The van der Waals surface area contributed by atoms with E-state index in [2.05, 4.69) is 24.8 Å². The molecule has 5 heterocycles. The van der Waals surface area contributed by atoms with Gasteiger partial charge < -0.3 is 14.8 Å². The molecule has 2 aliphatic heterocycles. The number of hydrogen-bond acceptors (Lipinski definition) is 6. The van der Waals surface area contributed by atoms with Gasteiger partial charge in [0.25, 0.3) is 5.91 Å². The minimum Gasteiger partial charge on any atom is -0.357 e. The van der Waals surface area contributed by atoms with E-state index in [-0.39, 0.29) is 5.91 Å². The first kappa shape index (κ1) is 17.1. The van der Waals surface area contributed by atoms with Gasteiger partial charge in [-0.2, -0.15) is 0 Å². The number of nitrogens with zero attached hydrogens (tertiary/aromatic N) is 6. The Morgan fingerprint density at radius 2 is 1.82 bits per heavy atom. The van der Waals surface area contributed by atoms with Crippen molar-refractivity contribution in [2.45, 2.75) is 31.6 Å². The van der Waals surface area contributed by atoms with Crippen LogP contribution in [0.15, 0.2) is 30.7 Å². The number of amides is 1. The number of aromatic nitrogens is 5. The maximum atomic E-state index is 12.8. The van der Waals surface area contributed by atoms with Gasteiger partial charge in [-0.15, -0.1) is 0 Å². The molecule has 2 fully saturated rings. The summed E-state index contributed by atoms with van der Waals surface area (Å²) in [6.07, 6.45) is 7.68. The van der Waals surface area contributed by atoms with E-state index in [1.807, 2.05) is 23.2 Å². The van der Waals surface area contributed by atoms with E-state index in [4.69, 9.17) is 4.98 Å². The third kappa shape index (κ3) is 3.19. The largest absolute Gasteiger partial charge is 0.357 e. The van der Waals surface area contributed by atoms with E-state index in [1.165, 1.54) is 12.8 Å². The van der Waals surface area contributed by atoms with E-state index in [1.54, 1.807) is 12.4 Å². The quantitative estimate of drug-likeness (QED) is 0.753. The number of anilines is 1. The molecule has 2 saturated heterocycles. The Kier molecular flexibility index (Phi) is 4.38. The Labute approximate surface area is 163 Å². The van der Waals surface area contributed by atoms with Crippen LogP contribution in [-0.2, 0) is 0 Å². The number of nitrogens with one attached hydrogen (secondary N) is 1. The van der Waals surface area contributed by atoms with E-state index in [9.17, 15) is 4.79 Å². The molecule has 0 atom stereocenters. The number of piperidine rings is 1. The predicted molar refractivity (Wildman–Crippen MR) is 105 cm³/mol. The molecular formula is C20H23N7O. The fourth-order valence-corrected chi connectivity index (χ4v) is 4.13. The van der Waals surface area contributed by atoms with Crippen LogP contribution in [0.3, 0.4) is 0 Å². The summed E-state index contributed by atoms with van der Waals surface area (Å²) in [5.41, 5.74) is 1.86. The topological polar surface area (TPSA) is 90.9 Å². The zero-order valence-corrected chi connectivity index (χ0v) is 15.7. The second-order valence-corrected chi connectivity index (χ2v) is 7.50. The summed E-state index contributed by atoms with van der Waals surface area (Å²) in [7, 11) is 0. The van der Waals surface area contributed by atoms with Crippen LogP contribution < -0.4 is 4.90 Å². The Balaban J connectivity index is 1.26. The van der Waals surface area contributed by atoms with Crippen molar-refractivity contribution in [2.24, 2.45) is 0 Å². The molecule has 0 aromatic carbocycles. The monoisotopic (exact) mass is 377 g/mol. The SMILES string of the molecule is O=C(c1ccc2[nH]cnc2n1)N1CCC(c2nccc(N3CCCC3)n2)CC1. The van der Waals surface area contributed by atoms with Crippen LogP contribution in [0.2, 0.25) is 0 Å². The molecule has 3 aromatic rings. The van der Waals surface area contributed by atoms with Gasteiger partial charge in [0.05, 0.1) is 11.8 Å². The fraction of sp³-hybridized carbons (Fsp3) is 0.450.